The molecule has 0 saturated carbocycles. The van der Waals surface area contributed by atoms with Gasteiger partial charge in [-0.3, -0.25) is 9.59 Å². The molecule has 6 nitrogen and oxygen atoms in total. The Bertz CT molecular complexity index is 1220. The summed E-state index contributed by atoms with van der Waals surface area (Å²) in [6.45, 7) is 6.35. The third kappa shape index (κ3) is 47.8. The van der Waals surface area contributed by atoms with E-state index in [2.05, 4.69) is 62.5 Å². The highest BCUT2D eigenvalue weighted by molar-refractivity contribution is 5.77. The Kier molecular flexibility index (Phi) is 51.1. The van der Waals surface area contributed by atoms with Crippen LogP contribution in [0.2, 0.25) is 0 Å². The average Bonchev–Trinajstić information content (AvgIpc) is 3.31. The highest BCUT2D eigenvalue weighted by atomic mass is 16.5. The number of ether oxygens (including phenoxy) is 1. The van der Waals surface area contributed by atoms with Crippen molar-refractivity contribution in [2.45, 2.75) is 289 Å². The van der Waals surface area contributed by atoms with Crippen LogP contribution >= 0.6 is 0 Å². The highest BCUT2D eigenvalue weighted by Crippen LogP contribution is 2.18. The van der Waals surface area contributed by atoms with Crippen LogP contribution in [0.15, 0.2) is 72.9 Å². The summed E-state index contributed by atoms with van der Waals surface area (Å²) in [5, 5.41) is 23.9. The third-order valence-corrected chi connectivity index (χ3v) is 12.6. The molecule has 0 heterocycles. The second-order valence-corrected chi connectivity index (χ2v) is 19.1. The molecule has 0 aromatic carbocycles. The van der Waals surface area contributed by atoms with Gasteiger partial charge in [0.25, 0.3) is 0 Å². The summed E-state index contributed by atoms with van der Waals surface area (Å²) in [5.74, 6) is -0.523. The van der Waals surface area contributed by atoms with Gasteiger partial charge in [-0.25, -0.2) is 0 Å². The van der Waals surface area contributed by atoms with Crippen LogP contribution in [0.1, 0.15) is 271 Å². The van der Waals surface area contributed by atoms with E-state index < -0.39 is 18.2 Å². The van der Waals surface area contributed by atoms with Crippen LogP contribution in [0, 0.1) is 0 Å². The van der Waals surface area contributed by atoms with E-state index in [1.54, 1.807) is 0 Å². The first kappa shape index (κ1) is 63.3. The summed E-state index contributed by atoms with van der Waals surface area (Å²) in [6, 6.07) is -0.715. The molecular formula is C60H107NO5. The summed E-state index contributed by atoms with van der Waals surface area (Å²) in [4.78, 5) is 26.2. The van der Waals surface area contributed by atoms with Crippen LogP contribution in [0.3, 0.4) is 0 Å². The van der Waals surface area contributed by atoms with Crippen molar-refractivity contribution in [3.63, 3.8) is 0 Å². The van der Waals surface area contributed by atoms with E-state index in [-0.39, 0.29) is 24.9 Å². The Labute approximate surface area is 409 Å². The molecule has 0 radical (unpaired) electrons. The van der Waals surface area contributed by atoms with Crippen molar-refractivity contribution in [3.8, 4) is 0 Å². The highest BCUT2D eigenvalue weighted by Gasteiger charge is 2.24. The number of carbonyl (C=O) groups excluding carboxylic acids is 2. The fourth-order valence-electron chi connectivity index (χ4n) is 8.39. The van der Waals surface area contributed by atoms with E-state index in [9.17, 15) is 19.8 Å². The van der Waals surface area contributed by atoms with E-state index in [1.807, 2.05) is 36.5 Å². The minimum Gasteiger partial charge on any atom is -0.462 e. The number of amides is 1. The predicted molar refractivity (Wildman–Crippen MR) is 287 cm³/mol. The van der Waals surface area contributed by atoms with E-state index in [4.69, 9.17) is 4.74 Å². The lowest BCUT2D eigenvalue weighted by molar-refractivity contribution is -0.151. The van der Waals surface area contributed by atoms with Crippen LogP contribution in [0.5, 0.6) is 0 Å². The summed E-state index contributed by atoms with van der Waals surface area (Å²) >= 11 is 0. The Morgan fingerprint density at radius 2 is 0.833 bits per heavy atom. The summed E-state index contributed by atoms with van der Waals surface area (Å²) in [5.41, 5.74) is 0. The maximum atomic E-state index is 13.3. The fourth-order valence-corrected chi connectivity index (χ4v) is 8.39. The molecule has 0 rings (SSSR count). The lowest BCUT2D eigenvalue weighted by Gasteiger charge is -2.24. The minimum atomic E-state index is -0.800. The molecule has 66 heavy (non-hydrogen) atoms. The van der Waals surface area contributed by atoms with Crippen molar-refractivity contribution in [1.29, 1.82) is 0 Å². The van der Waals surface area contributed by atoms with Crippen LogP contribution < -0.4 is 5.32 Å². The topological polar surface area (TPSA) is 95.9 Å². The van der Waals surface area contributed by atoms with E-state index in [1.165, 1.54) is 154 Å². The Balaban J connectivity index is 4.64. The largest absolute Gasteiger partial charge is 0.462 e. The molecular weight excluding hydrogens is 815 g/mol. The number of rotatable bonds is 50. The molecule has 1 amide bonds. The quantitative estimate of drug-likeness (QED) is 0.0244. The zero-order chi connectivity index (χ0) is 48.1. The van der Waals surface area contributed by atoms with Gasteiger partial charge in [-0.2, -0.15) is 0 Å². The van der Waals surface area contributed by atoms with Crippen molar-refractivity contribution in [2.24, 2.45) is 0 Å². The number of allylic oxidation sites excluding steroid dienone is 12. The standard InChI is InChI=1S/C60H107NO5/c1-4-7-10-13-16-19-22-25-28-29-32-33-36-39-42-45-48-51-56(66-60(65)53-50-47-44-41-38-35-31-27-24-21-18-15-12-9-6-3)54-59(64)61-57(55-62)58(63)52-49-46-43-40-37-34-30-26-23-20-17-14-11-8-5-2/h9,12,15,18,21,24-25,27-28,31,35,38,56-58,62-63H,4-8,10-11,13-14,16-17,19-20,22-23,26,29-30,32-34,36-37,39-55H2,1-3H3,(H,61,64)/b12-9+,18-15+,24-21-,28-25+,31-27-,38-35+. The van der Waals surface area contributed by atoms with Gasteiger partial charge in [-0.15, -0.1) is 0 Å². The van der Waals surface area contributed by atoms with Crippen molar-refractivity contribution >= 4 is 11.9 Å². The van der Waals surface area contributed by atoms with Gasteiger partial charge in [-0.05, 0) is 70.6 Å². The number of unbranched alkanes of at least 4 members (excludes halogenated alkanes) is 30. The molecule has 0 aliphatic rings. The average molecular weight is 923 g/mol. The van der Waals surface area contributed by atoms with Crippen LogP contribution in [-0.2, 0) is 14.3 Å². The van der Waals surface area contributed by atoms with Gasteiger partial charge in [0.2, 0.25) is 5.91 Å². The zero-order valence-corrected chi connectivity index (χ0v) is 43.6. The summed E-state index contributed by atoms with van der Waals surface area (Å²) in [6.07, 6.45) is 68.2. The maximum absolute atomic E-state index is 13.3. The van der Waals surface area contributed by atoms with Crippen LogP contribution in [-0.4, -0.2) is 46.9 Å². The molecule has 0 saturated heterocycles. The van der Waals surface area contributed by atoms with Gasteiger partial charge in [-0.1, -0.05) is 261 Å². The molecule has 0 spiro atoms. The van der Waals surface area contributed by atoms with Crippen molar-refractivity contribution in [3.05, 3.63) is 72.9 Å². The van der Waals surface area contributed by atoms with Crippen LogP contribution in [0.25, 0.3) is 0 Å². The molecule has 382 valence electrons. The molecule has 0 bridgehead atoms. The molecule has 0 fully saturated rings. The minimum absolute atomic E-state index is 0.0555. The molecule has 3 atom stereocenters. The monoisotopic (exact) mass is 922 g/mol. The maximum Gasteiger partial charge on any atom is 0.306 e. The number of hydrogen-bond donors (Lipinski definition) is 3. The molecule has 0 aromatic rings. The summed E-state index contributed by atoms with van der Waals surface area (Å²) < 4.78 is 5.94. The smallest absolute Gasteiger partial charge is 0.306 e. The zero-order valence-electron chi connectivity index (χ0n) is 43.6. The Morgan fingerprint density at radius 1 is 0.455 bits per heavy atom. The van der Waals surface area contributed by atoms with Crippen molar-refractivity contribution < 1.29 is 24.5 Å². The number of nitrogens with one attached hydrogen (secondary N) is 1. The number of carbonyl (C=O) groups is 2. The van der Waals surface area contributed by atoms with Gasteiger partial charge in [0.15, 0.2) is 0 Å². The number of esters is 1. The predicted octanol–water partition coefficient (Wildman–Crippen LogP) is 17.3. The lowest BCUT2D eigenvalue weighted by Crippen LogP contribution is -2.46. The summed E-state index contributed by atoms with van der Waals surface area (Å²) in [7, 11) is 0. The fraction of sp³-hybridized carbons (Fsp3) is 0.767. The normalized spacial score (nSPS) is 13.7. The molecule has 3 unspecified atom stereocenters. The molecule has 3 N–H and O–H groups in total. The van der Waals surface area contributed by atoms with Crippen LogP contribution in [0.4, 0.5) is 0 Å². The number of aliphatic hydroxyl groups is 2. The third-order valence-electron chi connectivity index (χ3n) is 12.6. The molecule has 0 aliphatic heterocycles. The Hall–Kier alpha value is -2.70. The van der Waals surface area contributed by atoms with Gasteiger partial charge < -0.3 is 20.3 Å². The van der Waals surface area contributed by atoms with Crippen molar-refractivity contribution in [2.75, 3.05) is 6.61 Å². The second-order valence-electron chi connectivity index (χ2n) is 19.1. The van der Waals surface area contributed by atoms with Gasteiger partial charge in [0.05, 0.1) is 25.2 Å². The van der Waals surface area contributed by atoms with Crippen molar-refractivity contribution in [1.82, 2.24) is 5.32 Å². The van der Waals surface area contributed by atoms with E-state index in [0.29, 0.717) is 19.3 Å². The first-order valence-electron chi connectivity index (χ1n) is 28.2. The Morgan fingerprint density at radius 3 is 1.29 bits per heavy atom. The van der Waals surface area contributed by atoms with Gasteiger partial charge >= 0.3 is 5.97 Å². The second kappa shape index (κ2) is 53.3. The SMILES string of the molecule is CC/C=C/C=C/C=C\C=C/C=C/CCCCCC(=O)OC(CCCCCCCCC/C=C/CCCCCCCC)CC(=O)NC(CO)C(O)CCCCCCCCCCCCCCCCC. The first-order valence-corrected chi connectivity index (χ1v) is 28.2. The van der Waals surface area contributed by atoms with Gasteiger partial charge in [0.1, 0.15) is 6.10 Å². The molecule has 0 aliphatic carbocycles. The number of hydrogen-bond acceptors (Lipinski definition) is 5. The van der Waals surface area contributed by atoms with E-state index in [0.717, 1.165) is 70.6 Å². The number of aliphatic hydroxyl groups excluding tert-OH is 2. The molecule has 0 aromatic heterocycles. The van der Waals surface area contributed by atoms with E-state index >= 15 is 0 Å². The lowest BCUT2D eigenvalue weighted by atomic mass is 10.0. The first-order chi connectivity index (χ1) is 32.5. The van der Waals surface area contributed by atoms with Gasteiger partial charge in [0, 0.05) is 6.42 Å². The molecule has 6 heteroatoms.